The molecule has 132 valence electrons. The van der Waals surface area contributed by atoms with Crippen molar-refractivity contribution in [2.24, 2.45) is 0 Å². The summed E-state index contributed by atoms with van der Waals surface area (Å²) in [6.07, 6.45) is 1.58. The van der Waals surface area contributed by atoms with Gasteiger partial charge in [0.2, 0.25) is 5.91 Å². The van der Waals surface area contributed by atoms with Crippen molar-refractivity contribution in [1.29, 1.82) is 0 Å². The summed E-state index contributed by atoms with van der Waals surface area (Å²) in [7, 11) is 1.64. The van der Waals surface area contributed by atoms with E-state index in [9.17, 15) is 4.79 Å². The zero-order chi connectivity index (χ0) is 17.9. The van der Waals surface area contributed by atoms with Crippen LogP contribution in [0.4, 0.5) is 0 Å². The van der Waals surface area contributed by atoms with Crippen molar-refractivity contribution in [3.05, 3.63) is 71.9 Å². The van der Waals surface area contributed by atoms with E-state index in [4.69, 9.17) is 4.74 Å². The molecule has 0 bridgehead atoms. The number of aromatic amines is 1. The third-order valence-corrected chi connectivity index (χ3v) is 4.58. The molecule has 4 rings (SSSR count). The molecule has 26 heavy (non-hydrogen) atoms. The first-order valence-corrected chi connectivity index (χ1v) is 8.49. The number of hydrogen-bond acceptors (Lipinski definition) is 4. The van der Waals surface area contributed by atoms with Gasteiger partial charge in [-0.05, 0) is 29.8 Å². The Morgan fingerprint density at radius 2 is 1.92 bits per heavy atom. The van der Waals surface area contributed by atoms with Gasteiger partial charge in [-0.1, -0.05) is 30.3 Å². The summed E-state index contributed by atoms with van der Waals surface area (Å²) in [5.74, 6) is 0.822. The van der Waals surface area contributed by atoms with E-state index < -0.39 is 0 Å². The Labute approximate surface area is 151 Å². The molecule has 1 aliphatic rings. The van der Waals surface area contributed by atoms with Gasteiger partial charge in [0.1, 0.15) is 11.9 Å². The summed E-state index contributed by atoms with van der Waals surface area (Å²) in [4.78, 5) is 14.2. The lowest BCUT2D eigenvalue weighted by atomic mass is 10.1. The Balaban J connectivity index is 1.63. The third-order valence-electron chi connectivity index (χ3n) is 4.58. The molecule has 1 amide bonds. The van der Waals surface area contributed by atoms with Gasteiger partial charge >= 0.3 is 0 Å². The molecular weight excluding hydrogens is 328 g/mol. The van der Waals surface area contributed by atoms with Crippen LogP contribution in [-0.4, -0.2) is 34.7 Å². The number of nitrogens with zero attached hydrogens (tertiary/aromatic N) is 2. The molecule has 1 atom stereocenters. The van der Waals surface area contributed by atoms with Crippen LogP contribution in [0.3, 0.4) is 0 Å². The molecule has 6 heteroatoms. The van der Waals surface area contributed by atoms with E-state index in [0.29, 0.717) is 13.1 Å². The summed E-state index contributed by atoms with van der Waals surface area (Å²) in [6, 6.07) is 17.9. The smallest absolute Gasteiger partial charge is 0.235 e. The number of nitrogens with one attached hydrogen (secondary N) is 2. The molecule has 1 saturated heterocycles. The van der Waals surface area contributed by atoms with Gasteiger partial charge in [-0.15, -0.1) is 0 Å². The van der Waals surface area contributed by atoms with Crippen LogP contribution in [0.5, 0.6) is 5.75 Å². The molecule has 0 radical (unpaired) electrons. The number of amides is 1. The average molecular weight is 348 g/mol. The molecule has 1 fully saturated rings. The molecule has 0 aliphatic carbocycles. The molecule has 3 aromatic rings. The molecule has 0 spiro atoms. The van der Waals surface area contributed by atoms with Gasteiger partial charge in [-0.3, -0.25) is 14.8 Å². The highest BCUT2D eigenvalue weighted by molar-refractivity contribution is 5.81. The maximum Gasteiger partial charge on any atom is 0.235 e. The minimum Gasteiger partial charge on any atom is -0.497 e. The molecule has 0 saturated carbocycles. The number of benzene rings is 2. The van der Waals surface area contributed by atoms with Crippen molar-refractivity contribution >= 4 is 5.91 Å². The maximum atomic E-state index is 12.1. The van der Waals surface area contributed by atoms with E-state index in [1.54, 1.807) is 13.3 Å². The molecule has 2 heterocycles. The predicted octanol–water partition coefficient (Wildman–Crippen LogP) is 2.72. The van der Waals surface area contributed by atoms with E-state index in [0.717, 1.165) is 22.6 Å². The van der Waals surface area contributed by atoms with E-state index in [-0.39, 0.29) is 12.1 Å². The van der Waals surface area contributed by atoms with Gasteiger partial charge in [0.25, 0.3) is 0 Å². The number of methoxy groups -OCH3 is 1. The van der Waals surface area contributed by atoms with Crippen LogP contribution < -0.4 is 10.1 Å². The first kappa shape index (κ1) is 16.4. The quantitative estimate of drug-likeness (QED) is 0.744. The summed E-state index contributed by atoms with van der Waals surface area (Å²) < 4.78 is 5.22. The Bertz CT molecular complexity index is 890. The molecule has 1 aromatic heterocycles. The summed E-state index contributed by atoms with van der Waals surface area (Å²) in [5, 5.41) is 10.3. The highest BCUT2D eigenvalue weighted by atomic mass is 16.5. The second kappa shape index (κ2) is 7.01. The largest absolute Gasteiger partial charge is 0.497 e. The second-order valence-corrected chi connectivity index (χ2v) is 6.29. The van der Waals surface area contributed by atoms with Crippen molar-refractivity contribution < 1.29 is 9.53 Å². The Hall–Kier alpha value is -3.12. The first-order valence-electron chi connectivity index (χ1n) is 8.49. The van der Waals surface area contributed by atoms with Crippen molar-refractivity contribution in [3.63, 3.8) is 0 Å². The van der Waals surface area contributed by atoms with Gasteiger partial charge in [-0.2, -0.15) is 5.10 Å². The third kappa shape index (κ3) is 3.19. The van der Waals surface area contributed by atoms with Gasteiger partial charge in [-0.25, -0.2) is 0 Å². The van der Waals surface area contributed by atoms with E-state index in [1.165, 1.54) is 5.56 Å². The maximum absolute atomic E-state index is 12.1. The first-order chi connectivity index (χ1) is 12.7. The van der Waals surface area contributed by atoms with Gasteiger partial charge in [0, 0.05) is 17.7 Å². The zero-order valence-electron chi connectivity index (χ0n) is 14.5. The van der Waals surface area contributed by atoms with Crippen LogP contribution >= 0.6 is 0 Å². The van der Waals surface area contributed by atoms with Crippen LogP contribution in [0.2, 0.25) is 0 Å². The van der Waals surface area contributed by atoms with Gasteiger partial charge in [0.15, 0.2) is 0 Å². The van der Waals surface area contributed by atoms with Crippen molar-refractivity contribution in [2.45, 2.75) is 12.7 Å². The number of ether oxygens (including phenoxy) is 1. The number of H-pyrrole nitrogens is 1. The number of carbonyl (C=O) groups excluding carboxylic acids is 1. The fourth-order valence-electron chi connectivity index (χ4n) is 3.30. The molecular formula is C20H20N4O2. The molecule has 2 N–H and O–H groups in total. The highest BCUT2D eigenvalue weighted by Gasteiger charge is 2.33. The van der Waals surface area contributed by atoms with Crippen LogP contribution in [0.25, 0.3) is 11.3 Å². The van der Waals surface area contributed by atoms with E-state index in [1.807, 2.05) is 42.5 Å². The normalized spacial score (nSPS) is 17.3. The number of hydrogen-bond donors (Lipinski definition) is 2. The minimum atomic E-state index is -0.210. The Morgan fingerprint density at radius 1 is 1.15 bits per heavy atom. The zero-order valence-corrected chi connectivity index (χ0v) is 14.5. The van der Waals surface area contributed by atoms with Crippen LogP contribution in [-0.2, 0) is 11.3 Å². The SMILES string of the molecule is COc1ccc(-c2[nH]ncc2[C@@H]2NC(=O)CN2Cc2ccccc2)cc1. The molecule has 1 aliphatic heterocycles. The van der Waals surface area contributed by atoms with Gasteiger partial charge in [0.05, 0.1) is 25.5 Å². The Morgan fingerprint density at radius 3 is 2.65 bits per heavy atom. The van der Waals surface area contributed by atoms with Crippen molar-refractivity contribution in [1.82, 2.24) is 20.4 Å². The lowest BCUT2D eigenvalue weighted by Crippen LogP contribution is -2.27. The number of aromatic nitrogens is 2. The van der Waals surface area contributed by atoms with Crippen molar-refractivity contribution in [2.75, 3.05) is 13.7 Å². The minimum absolute atomic E-state index is 0.0211. The fourth-order valence-corrected chi connectivity index (χ4v) is 3.30. The summed E-state index contributed by atoms with van der Waals surface area (Å²) in [5.41, 5.74) is 4.03. The average Bonchev–Trinajstić information content (AvgIpc) is 3.29. The second-order valence-electron chi connectivity index (χ2n) is 6.29. The Kier molecular flexibility index (Phi) is 4.41. The molecule has 6 nitrogen and oxygen atoms in total. The predicted molar refractivity (Wildman–Crippen MR) is 98.3 cm³/mol. The molecule has 0 unspecified atom stereocenters. The lowest BCUT2D eigenvalue weighted by molar-refractivity contribution is -0.118. The van der Waals surface area contributed by atoms with Crippen molar-refractivity contribution in [3.8, 4) is 17.0 Å². The number of carbonyl (C=O) groups is 1. The monoisotopic (exact) mass is 348 g/mol. The topological polar surface area (TPSA) is 70.2 Å². The van der Waals surface area contributed by atoms with Crippen LogP contribution in [0.15, 0.2) is 60.8 Å². The van der Waals surface area contributed by atoms with Gasteiger partial charge < -0.3 is 10.1 Å². The van der Waals surface area contributed by atoms with E-state index in [2.05, 4.69) is 32.5 Å². The van der Waals surface area contributed by atoms with Crippen LogP contribution in [0.1, 0.15) is 17.3 Å². The molecule has 2 aromatic carbocycles. The number of rotatable bonds is 5. The standard InChI is InChI=1S/C20H20N4O2/c1-26-16-9-7-15(8-10-16)19-17(11-21-23-19)20-22-18(25)13-24(20)12-14-5-3-2-4-6-14/h2-11,20H,12-13H2,1H3,(H,21,23)(H,22,25)/t20-/m1/s1. The fraction of sp³-hybridized carbons (Fsp3) is 0.200. The van der Waals surface area contributed by atoms with E-state index >= 15 is 0 Å². The lowest BCUT2D eigenvalue weighted by Gasteiger charge is -2.23. The van der Waals surface area contributed by atoms with Crippen LogP contribution in [0, 0.1) is 0 Å². The summed E-state index contributed by atoms with van der Waals surface area (Å²) in [6.45, 7) is 1.06. The summed E-state index contributed by atoms with van der Waals surface area (Å²) >= 11 is 0. The highest BCUT2D eigenvalue weighted by Crippen LogP contribution is 2.32.